The molecule has 2 aromatic rings. The number of carbonyl (C=O) groups is 2. The lowest BCUT2D eigenvalue weighted by atomic mass is 10.0. The number of morpholine rings is 1. The lowest BCUT2D eigenvalue weighted by molar-refractivity contribution is -0.137. The van der Waals surface area contributed by atoms with Crippen LogP contribution in [0.1, 0.15) is 37.0 Å². The molecular formula is C32H43F3N4O5. The van der Waals surface area contributed by atoms with Crippen molar-refractivity contribution in [1.82, 2.24) is 14.7 Å². The van der Waals surface area contributed by atoms with Crippen LogP contribution in [0.3, 0.4) is 0 Å². The fourth-order valence-corrected chi connectivity index (χ4v) is 5.52. The third-order valence-electron chi connectivity index (χ3n) is 8.18. The number of anilines is 1. The van der Waals surface area contributed by atoms with E-state index in [1.54, 1.807) is 30.0 Å². The maximum Gasteiger partial charge on any atom is 0.416 e. The van der Waals surface area contributed by atoms with Gasteiger partial charge in [0, 0.05) is 62.9 Å². The second-order valence-corrected chi connectivity index (χ2v) is 11.9. The molecule has 0 unspecified atom stereocenters. The van der Waals surface area contributed by atoms with Crippen molar-refractivity contribution in [3.8, 4) is 5.75 Å². The number of benzene rings is 2. The molecule has 0 bridgehead atoms. The number of nitrogens with zero attached hydrogens (tertiary/aromatic N) is 3. The van der Waals surface area contributed by atoms with Gasteiger partial charge in [-0.3, -0.25) is 19.4 Å². The summed E-state index contributed by atoms with van der Waals surface area (Å²) in [6, 6.07) is 10.00. The van der Waals surface area contributed by atoms with Gasteiger partial charge in [-0.15, -0.1) is 0 Å². The first-order valence-electron chi connectivity index (χ1n) is 15.1. The highest BCUT2D eigenvalue weighted by Crippen LogP contribution is 2.31. The van der Waals surface area contributed by atoms with Gasteiger partial charge in [0.1, 0.15) is 11.9 Å². The minimum Gasteiger partial charge on any atom is -0.488 e. The smallest absolute Gasteiger partial charge is 0.416 e. The molecule has 0 radical (unpaired) electrons. The molecule has 2 aliphatic heterocycles. The van der Waals surface area contributed by atoms with Crippen molar-refractivity contribution in [1.29, 1.82) is 0 Å². The van der Waals surface area contributed by atoms with E-state index < -0.39 is 17.8 Å². The first-order chi connectivity index (χ1) is 20.9. The van der Waals surface area contributed by atoms with Crippen molar-refractivity contribution in [2.24, 2.45) is 5.92 Å². The lowest BCUT2D eigenvalue weighted by Crippen LogP contribution is -2.47. The Morgan fingerprint density at radius 2 is 1.86 bits per heavy atom. The highest BCUT2D eigenvalue weighted by molar-refractivity contribution is 5.91. The molecule has 1 fully saturated rings. The van der Waals surface area contributed by atoms with Crippen molar-refractivity contribution >= 4 is 17.5 Å². The van der Waals surface area contributed by atoms with E-state index in [0.29, 0.717) is 62.8 Å². The van der Waals surface area contributed by atoms with Crippen LogP contribution in [0.15, 0.2) is 42.5 Å². The first-order valence-corrected chi connectivity index (χ1v) is 15.1. The number of likely N-dealkylation sites (N-methyl/N-ethyl adjacent to an activating group) is 1. The number of hydrogen-bond donors (Lipinski definition) is 2. The summed E-state index contributed by atoms with van der Waals surface area (Å²) in [7, 11) is 1.87. The van der Waals surface area contributed by atoms with Gasteiger partial charge in [-0.25, -0.2) is 0 Å². The molecule has 1 saturated heterocycles. The fourth-order valence-electron chi connectivity index (χ4n) is 5.52. The molecule has 0 aliphatic carbocycles. The van der Waals surface area contributed by atoms with Crippen LogP contribution >= 0.6 is 0 Å². The van der Waals surface area contributed by atoms with E-state index >= 15 is 0 Å². The van der Waals surface area contributed by atoms with Crippen LogP contribution in [-0.4, -0.2) is 103 Å². The van der Waals surface area contributed by atoms with Gasteiger partial charge in [-0.05, 0) is 49.9 Å². The summed E-state index contributed by atoms with van der Waals surface area (Å²) in [5, 5.41) is 12.8. The second kappa shape index (κ2) is 15.2. The van der Waals surface area contributed by atoms with Gasteiger partial charge in [-0.2, -0.15) is 13.2 Å². The van der Waals surface area contributed by atoms with Crippen LogP contribution in [0, 0.1) is 5.92 Å². The van der Waals surface area contributed by atoms with Crippen LogP contribution in [0.4, 0.5) is 18.9 Å². The van der Waals surface area contributed by atoms with E-state index in [0.717, 1.165) is 30.8 Å². The summed E-state index contributed by atoms with van der Waals surface area (Å²) in [6.07, 6.45) is -4.39. The number of nitrogens with one attached hydrogen (secondary N) is 1. The molecule has 9 nitrogen and oxygen atoms in total. The molecule has 242 valence electrons. The van der Waals surface area contributed by atoms with Crippen molar-refractivity contribution in [3.63, 3.8) is 0 Å². The summed E-state index contributed by atoms with van der Waals surface area (Å²) in [6.45, 7) is 8.35. The Morgan fingerprint density at radius 1 is 1.16 bits per heavy atom. The maximum absolute atomic E-state index is 13.5. The second-order valence-electron chi connectivity index (χ2n) is 11.9. The Hall–Kier alpha value is -3.19. The zero-order valence-electron chi connectivity index (χ0n) is 25.6. The number of aliphatic hydroxyl groups is 1. The average Bonchev–Trinajstić information content (AvgIpc) is 3.03. The normalized spacial score (nSPS) is 20.7. The van der Waals surface area contributed by atoms with E-state index in [9.17, 15) is 27.9 Å². The highest BCUT2D eigenvalue weighted by Gasteiger charge is 2.32. The Bertz CT molecular complexity index is 1250. The zero-order chi connectivity index (χ0) is 31.9. The summed E-state index contributed by atoms with van der Waals surface area (Å²) in [5.74, 6) is 0.118. The van der Waals surface area contributed by atoms with Gasteiger partial charge in [-0.1, -0.05) is 19.1 Å². The quantitative estimate of drug-likeness (QED) is 0.419. The molecule has 2 heterocycles. The van der Waals surface area contributed by atoms with Gasteiger partial charge in [0.05, 0.1) is 37.8 Å². The number of alkyl halides is 3. The summed E-state index contributed by atoms with van der Waals surface area (Å²) < 4.78 is 50.9. The Morgan fingerprint density at radius 3 is 2.52 bits per heavy atom. The molecular weight excluding hydrogens is 577 g/mol. The standard InChI is InChI=1S/C32H43F3N4O5/c1-22-18-39(23(2)21-40)31(42)17-25-16-27(36-30(41)10-11-38-12-14-43-15-13-38)8-9-28(25)44-29(22)20-37(3)19-24-4-6-26(7-5-24)32(33,34)35/h4-9,16,22-23,29,40H,10-15,17-21H2,1-3H3,(H,36,41)/t22-,23-,29-/m0/s1. The monoisotopic (exact) mass is 620 g/mol. The van der Waals surface area contributed by atoms with Crippen LogP contribution in [0.25, 0.3) is 0 Å². The zero-order valence-corrected chi connectivity index (χ0v) is 25.6. The number of carbonyl (C=O) groups excluding carboxylic acids is 2. The Labute approximate surface area is 256 Å². The van der Waals surface area contributed by atoms with Gasteiger partial charge < -0.3 is 24.8 Å². The average molecular weight is 621 g/mol. The largest absolute Gasteiger partial charge is 0.488 e. The lowest BCUT2D eigenvalue weighted by Gasteiger charge is -2.34. The number of fused-ring (bicyclic) bond motifs is 1. The number of aliphatic hydroxyl groups excluding tert-OH is 1. The van der Waals surface area contributed by atoms with Crippen LogP contribution in [-0.2, 0) is 33.5 Å². The molecule has 12 heteroatoms. The minimum atomic E-state index is -4.39. The van der Waals surface area contributed by atoms with E-state index in [-0.39, 0.29) is 36.9 Å². The maximum atomic E-state index is 13.5. The van der Waals surface area contributed by atoms with Gasteiger partial charge in [0.15, 0.2) is 0 Å². The summed E-state index contributed by atoms with van der Waals surface area (Å²) in [4.78, 5) is 32.0. The third kappa shape index (κ3) is 9.40. The predicted molar refractivity (Wildman–Crippen MR) is 160 cm³/mol. The van der Waals surface area contributed by atoms with E-state index in [1.807, 2.05) is 18.9 Å². The summed E-state index contributed by atoms with van der Waals surface area (Å²) in [5.41, 5.74) is 1.23. The molecule has 2 aliphatic rings. The number of rotatable bonds is 10. The molecule has 44 heavy (non-hydrogen) atoms. The van der Waals surface area contributed by atoms with Crippen molar-refractivity contribution in [2.45, 2.75) is 51.6 Å². The molecule has 0 aromatic heterocycles. The van der Waals surface area contributed by atoms with Gasteiger partial charge in [0.2, 0.25) is 11.8 Å². The molecule has 0 spiro atoms. The minimum absolute atomic E-state index is 0.0397. The van der Waals surface area contributed by atoms with Crippen molar-refractivity contribution in [3.05, 3.63) is 59.2 Å². The number of amides is 2. The molecule has 3 atom stereocenters. The molecule has 0 saturated carbocycles. The third-order valence-corrected chi connectivity index (χ3v) is 8.18. The van der Waals surface area contributed by atoms with Crippen LogP contribution in [0.5, 0.6) is 5.75 Å². The topological polar surface area (TPSA) is 94.6 Å². The van der Waals surface area contributed by atoms with Crippen molar-refractivity contribution < 1.29 is 37.3 Å². The Balaban J connectivity index is 1.49. The van der Waals surface area contributed by atoms with E-state index in [4.69, 9.17) is 9.47 Å². The van der Waals surface area contributed by atoms with Crippen LogP contribution < -0.4 is 10.1 Å². The highest BCUT2D eigenvalue weighted by atomic mass is 19.4. The molecule has 2 aromatic carbocycles. The Kier molecular flexibility index (Phi) is 11.6. The van der Waals surface area contributed by atoms with Gasteiger partial charge in [0.25, 0.3) is 0 Å². The number of hydrogen-bond acceptors (Lipinski definition) is 7. The van der Waals surface area contributed by atoms with Crippen molar-refractivity contribution in [2.75, 3.05) is 64.9 Å². The number of ether oxygens (including phenoxy) is 2. The van der Waals surface area contributed by atoms with E-state index in [1.165, 1.54) is 12.1 Å². The van der Waals surface area contributed by atoms with E-state index in [2.05, 4.69) is 10.2 Å². The van der Waals surface area contributed by atoms with Crippen LogP contribution in [0.2, 0.25) is 0 Å². The molecule has 4 rings (SSSR count). The van der Waals surface area contributed by atoms with Gasteiger partial charge >= 0.3 is 6.18 Å². The SMILES string of the molecule is C[C@H]1CN([C@@H](C)CO)C(=O)Cc2cc(NC(=O)CCN3CCOCC3)ccc2O[C@H]1CN(C)Cc1ccc(C(F)(F)F)cc1. The predicted octanol–water partition coefficient (Wildman–Crippen LogP) is 3.65. The number of halogens is 3. The molecule has 2 N–H and O–H groups in total. The summed E-state index contributed by atoms with van der Waals surface area (Å²) >= 11 is 0. The molecule has 2 amide bonds. The fraction of sp³-hybridized carbons (Fsp3) is 0.562. The first kappa shape index (κ1) is 33.7.